The number of nitrogens with one attached hydrogen (secondary N) is 1. The van der Waals surface area contributed by atoms with Crippen molar-refractivity contribution in [3.8, 4) is 11.4 Å². The Hall–Kier alpha value is -2.28. The lowest BCUT2D eigenvalue weighted by molar-refractivity contribution is 0.0992. The van der Waals surface area contributed by atoms with E-state index in [1.165, 1.54) is 0 Å². The van der Waals surface area contributed by atoms with Gasteiger partial charge in [-0.3, -0.25) is 4.98 Å². The number of pyridine rings is 1. The lowest BCUT2D eigenvalue weighted by Crippen LogP contribution is -2.13. The van der Waals surface area contributed by atoms with Crippen molar-refractivity contribution >= 4 is 28.3 Å². The van der Waals surface area contributed by atoms with Gasteiger partial charge in [0.1, 0.15) is 5.82 Å². The fourth-order valence-electron chi connectivity index (χ4n) is 2.27. The van der Waals surface area contributed by atoms with Crippen LogP contribution in [0.1, 0.15) is 0 Å². The van der Waals surface area contributed by atoms with E-state index < -0.39 is 0 Å². The van der Waals surface area contributed by atoms with Crippen molar-refractivity contribution in [1.29, 1.82) is 0 Å². The Labute approximate surface area is 144 Å². The van der Waals surface area contributed by atoms with Gasteiger partial charge in [0.2, 0.25) is 0 Å². The molecule has 0 unspecified atom stereocenters. The van der Waals surface area contributed by atoms with Crippen LogP contribution in [0.2, 0.25) is 5.02 Å². The van der Waals surface area contributed by atoms with E-state index in [2.05, 4.69) is 20.3 Å². The Bertz CT molecular complexity index is 814. The summed E-state index contributed by atoms with van der Waals surface area (Å²) in [6.07, 6.45) is 3.44. The lowest BCUT2D eigenvalue weighted by Gasteiger charge is -2.11. The summed E-state index contributed by atoms with van der Waals surface area (Å²) in [7, 11) is 0. The molecule has 1 aromatic carbocycles. The monoisotopic (exact) mass is 344 g/mol. The van der Waals surface area contributed by atoms with E-state index in [1.807, 2.05) is 24.3 Å². The summed E-state index contributed by atoms with van der Waals surface area (Å²) in [6.45, 7) is 1.36. The summed E-state index contributed by atoms with van der Waals surface area (Å²) in [6, 6.07) is 9.27. The third-order valence-corrected chi connectivity index (χ3v) is 3.59. The van der Waals surface area contributed by atoms with Crippen molar-refractivity contribution in [1.82, 2.24) is 15.0 Å². The van der Waals surface area contributed by atoms with Crippen molar-refractivity contribution in [2.45, 2.75) is 0 Å². The average Bonchev–Trinajstić information content (AvgIpc) is 2.62. The molecule has 24 heavy (non-hydrogen) atoms. The molecule has 0 saturated carbocycles. The minimum absolute atomic E-state index is 0.0111. The van der Waals surface area contributed by atoms with Gasteiger partial charge in [0.05, 0.1) is 25.3 Å². The van der Waals surface area contributed by atoms with Crippen LogP contribution in [-0.4, -0.2) is 46.4 Å². The molecule has 3 rings (SSSR count). The highest BCUT2D eigenvalue weighted by molar-refractivity contribution is 6.31. The molecule has 0 aliphatic carbocycles. The highest BCUT2D eigenvalue weighted by Crippen LogP contribution is 2.27. The number of aliphatic hydroxyl groups excluding tert-OH is 1. The van der Waals surface area contributed by atoms with Gasteiger partial charge in [-0.1, -0.05) is 11.6 Å². The summed E-state index contributed by atoms with van der Waals surface area (Å²) in [5.74, 6) is 1.28. The summed E-state index contributed by atoms with van der Waals surface area (Å²) in [5.41, 5.74) is 1.64. The Balaban J connectivity index is 1.93. The van der Waals surface area contributed by atoms with Crippen molar-refractivity contribution in [2.24, 2.45) is 0 Å². The highest BCUT2D eigenvalue weighted by atomic mass is 35.5. The molecule has 0 aliphatic heterocycles. The normalized spacial score (nSPS) is 10.9. The van der Waals surface area contributed by atoms with Gasteiger partial charge in [-0.05, 0) is 30.3 Å². The smallest absolute Gasteiger partial charge is 0.163 e. The van der Waals surface area contributed by atoms with Gasteiger partial charge in [0, 0.05) is 34.9 Å². The number of benzene rings is 1. The maximum Gasteiger partial charge on any atom is 0.163 e. The van der Waals surface area contributed by atoms with Gasteiger partial charge in [-0.25, -0.2) is 9.97 Å². The minimum Gasteiger partial charge on any atom is -0.394 e. The van der Waals surface area contributed by atoms with Crippen LogP contribution in [0.5, 0.6) is 0 Å². The molecule has 2 aromatic heterocycles. The van der Waals surface area contributed by atoms with Crippen LogP contribution in [0.15, 0.2) is 42.7 Å². The summed E-state index contributed by atoms with van der Waals surface area (Å²) < 4.78 is 5.26. The van der Waals surface area contributed by atoms with Gasteiger partial charge in [-0.2, -0.15) is 0 Å². The van der Waals surface area contributed by atoms with E-state index in [0.29, 0.717) is 36.4 Å². The van der Waals surface area contributed by atoms with Gasteiger partial charge < -0.3 is 15.2 Å². The van der Waals surface area contributed by atoms with Crippen molar-refractivity contribution < 1.29 is 9.84 Å². The Kier molecular flexibility index (Phi) is 5.53. The molecule has 6 nitrogen and oxygen atoms in total. The number of aromatic nitrogens is 3. The van der Waals surface area contributed by atoms with Crippen LogP contribution in [0.25, 0.3) is 22.3 Å². The standard InChI is InChI=1S/C17H17ClN4O2/c18-13-3-4-15-14(10-13)17(20-6-8-24-9-7-23)22-16(21-15)12-2-1-5-19-11-12/h1-5,10-11,23H,6-9H2,(H,20,21,22). The molecule has 124 valence electrons. The molecular weight excluding hydrogens is 328 g/mol. The molecule has 0 atom stereocenters. The third-order valence-electron chi connectivity index (χ3n) is 3.35. The van der Waals surface area contributed by atoms with Gasteiger partial charge in [-0.15, -0.1) is 0 Å². The zero-order valence-electron chi connectivity index (χ0n) is 12.9. The number of hydrogen-bond acceptors (Lipinski definition) is 6. The van der Waals surface area contributed by atoms with Crippen LogP contribution < -0.4 is 5.32 Å². The van der Waals surface area contributed by atoms with E-state index in [9.17, 15) is 0 Å². The molecule has 0 radical (unpaired) electrons. The SMILES string of the molecule is OCCOCCNc1nc(-c2cccnc2)nc2ccc(Cl)cc12. The Morgan fingerprint density at radius 2 is 2.08 bits per heavy atom. The molecule has 0 spiro atoms. The van der Waals surface area contributed by atoms with E-state index in [4.69, 9.17) is 21.4 Å². The van der Waals surface area contributed by atoms with Crippen molar-refractivity contribution in [2.75, 3.05) is 31.7 Å². The lowest BCUT2D eigenvalue weighted by atomic mass is 10.2. The maximum atomic E-state index is 8.73. The van der Waals surface area contributed by atoms with Crippen LogP contribution in [0, 0.1) is 0 Å². The van der Waals surface area contributed by atoms with Crippen molar-refractivity contribution in [3.05, 3.63) is 47.7 Å². The predicted octanol–water partition coefficient (Wildman–Crippen LogP) is 2.77. The molecule has 0 aliphatic rings. The van der Waals surface area contributed by atoms with E-state index in [-0.39, 0.29) is 6.61 Å². The largest absolute Gasteiger partial charge is 0.394 e. The van der Waals surface area contributed by atoms with E-state index >= 15 is 0 Å². The fourth-order valence-corrected chi connectivity index (χ4v) is 2.44. The zero-order valence-corrected chi connectivity index (χ0v) is 13.7. The second-order valence-corrected chi connectivity index (χ2v) is 5.50. The quantitative estimate of drug-likeness (QED) is 0.641. The summed E-state index contributed by atoms with van der Waals surface area (Å²) >= 11 is 6.10. The first kappa shape index (κ1) is 16.6. The number of nitrogens with zero attached hydrogens (tertiary/aromatic N) is 3. The van der Waals surface area contributed by atoms with E-state index in [0.717, 1.165) is 16.5 Å². The number of ether oxygens (including phenoxy) is 1. The number of aliphatic hydroxyl groups is 1. The number of fused-ring (bicyclic) bond motifs is 1. The first-order chi connectivity index (χ1) is 11.8. The molecule has 7 heteroatoms. The zero-order chi connectivity index (χ0) is 16.8. The molecule has 2 N–H and O–H groups in total. The first-order valence-electron chi connectivity index (χ1n) is 7.58. The first-order valence-corrected chi connectivity index (χ1v) is 7.96. The van der Waals surface area contributed by atoms with Crippen LogP contribution >= 0.6 is 11.6 Å². The van der Waals surface area contributed by atoms with Crippen LogP contribution in [0.4, 0.5) is 5.82 Å². The topological polar surface area (TPSA) is 80.2 Å². The van der Waals surface area contributed by atoms with Gasteiger partial charge in [0.15, 0.2) is 5.82 Å². The second kappa shape index (κ2) is 8.01. The number of halogens is 1. The number of hydrogen-bond donors (Lipinski definition) is 2. The number of anilines is 1. The summed E-state index contributed by atoms with van der Waals surface area (Å²) in [4.78, 5) is 13.3. The predicted molar refractivity (Wildman–Crippen MR) is 94.2 cm³/mol. The molecule has 2 heterocycles. The average molecular weight is 345 g/mol. The molecule has 0 bridgehead atoms. The van der Waals surface area contributed by atoms with Crippen molar-refractivity contribution in [3.63, 3.8) is 0 Å². The maximum absolute atomic E-state index is 8.73. The van der Waals surface area contributed by atoms with Crippen LogP contribution in [-0.2, 0) is 4.74 Å². The fraction of sp³-hybridized carbons (Fsp3) is 0.235. The summed E-state index contributed by atoms with van der Waals surface area (Å²) in [5, 5.41) is 13.4. The second-order valence-electron chi connectivity index (χ2n) is 5.06. The van der Waals surface area contributed by atoms with E-state index in [1.54, 1.807) is 18.5 Å². The molecular formula is C17H17ClN4O2. The number of rotatable bonds is 7. The molecule has 0 saturated heterocycles. The molecule has 0 amide bonds. The molecule has 3 aromatic rings. The molecule has 0 fully saturated rings. The Morgan fingerprint density at radius 3 is 2.88 bits per heavy atom. The third kappa shape index (κ3) is 3.97. The van der Waals surface area contributed by atoms with Gasteiger partial charge >= 0.3 is 0 Å². The minimum atomic E-state index is 0.0111. The highest BCUT2D eigenvalue weighted by Gasteiger charge is 2.10. The van der Waals surface area contributed by atoms with Crippen LogP contribution in [0.3, 0.4) is 0 Å². The Morgan fingerprint density at radius 1 is 1.17 bits per heavy atom. The van der Waals surface area contributed by atoms with Gasteiger partial charge in [0.25, 0.3) is 0 Å².